The molecule has 1 aliphatic heterocycles. The van der Waals surface area contributed by atoms with Crippen molar-refractivity contribution in [1.82, 2.24) is 5.32 Å². The van der Waals surface area contributed by atoms with Gasteiger partial charge in [0, 0.05) is 13.0 Å². The number of ether oxygens (including phenoxy) is 1. The van der Waals surface area contributed by atoms with E-state index in [0.29, 0.717) is 18.9 Å². The molecule has 0 spiro atoms. The number of carbonyl (C=O) groups excluding carboxylic acids is 1. The number of nitrogens with two attached hydrogens (primary N) is 1. The van der Waals surface area contributed by atoms with Crippen molar-refractivity contribution in [3.05, 3.63) is 0 Å². The molecule has 0 saturated carbocycles. The molecular formula is C8H16N2O2. The van der Waals surface area contributed by atoms with Crippen molar-refractivity contribution in [3.8, 4) is 0 Å². The maximum Gasteiger partial charge on any atom is 0.219 e. The molecule has 0 aromatic heterocycles. The smallest absolute Gasteiger partial charge is 0.219 e. The number of rotatable bonds is 5. The Kier molecular flexibility index (Phi) is 4.04. The van der Waals surface area contributed by atoms with Gasteiger partial charge in [-0.05, 0) is 18.9 Å². The van der Waals surface area contributed by atoms with Crippen molar-refractivity contribution in [3.63, 3.8) is 0 Å². The van der Waals surface area contributed by atoms with Crippen LogP contribution in [0, 0.1) is 5.92 Å². The first kappa shape index (κ1) is 9.48. The van der Waals surface area contributed by atoms with Gasteiger partial charge in [-0.2, -0.15) is 0 Å². The Morgan fingerprint density at radius 3 is 3.08 bits per heavy atom. The summed E-state index contributed by atoms with van der Waals surface area (Å²) in [4.78, 5) is 10.3. The molecule has 4 heteroatoms. The van der Waals surface area contributed by atoms with E-state index in [2.05, 4.69) is 5.32 Å². The van der Waals surface area contributed by atoms with Gasteiger partial charge >= 0.3 is 0 Å². The number of carbonyl (C=O) groups is 1. The van der Waals surface area contributed by atoms with Crippen LogP contribution in [0.4, 0.5) is 0 Å². The van der Waals surface area contributed by atoms with E-state index in [4.69, 9.17) is 10.5 Å². The Labute approximate surface area is 72.5 Å². The minimum absolute atomic E-state index is 0.292. The summed E-state index contributed by atoms with van der Waals surface area (Å²) in [5.41, 5.74) is 4.96. The molecule has 0 bridgehead atoms. The summed E-state index contributed by atoms with van der Waals surface area (Å²) in [7, 11) is 0. The van der Waals surface area contributed by atoms with Crippen molar-refractivity contribution in [2.24, 2.45) is 11.7 Å². The lowest BCUT2D eigenvalue weighted by Gasteiger charge is -2.07. The molecule has 1 aliphatic rings. The van der Waals surface area contributed by atoms with E-state index in [1.165, 1.54) is 6.42 Å². The molecule has 1 atom stereocenters. The Morgan fingerprint density at radius 1 is 1.67 bits per heavy atom. The highest BCUT2D eigenvalue weighted by Crippen LogP contribution is 2.07. The molecule has 0 aromatic carbocycles. The van der Waals surface area contributed by atoms with Gasteiger partial charge in [-0.1, -0.05) is 0 Å². The molecule has 1 amide bonds. The zero-order valence-electron chi connectivity index (χ0n) is 7.21. The highest BCUT2D eigenvalue weighted by atomic mass is 16.5. The molecule has 3 N–H and O–H groups in total. The van der Waals surface area contributed by atoms with Gasteiger partial charge in [0.05, 0.1) is 13.2 Å². The highest BCUT2D eigenvalue weighted by molar-refractivity contribution is 5.73. The van der Waals surface area contributed by atoms with Gasteiger partial charge in [0.15, 0.2) is 0 Å². The summed E-state index contributed by atoms with van der Waals surface area (Å²) < 4.78 is 5.29. The van der Waals surface area contributed by atoms with Gasteiger partial charge in [0.25, 0.3) is 0 Å². The maximum absolute atomic E-state index is 10.3. The first-order chi connectivity index (χ1) is 5.79. The van der Waals surface area contributed by atoms with Crippen LogP contribution < -0.4 is 11.1 Å². The van der Waals surface area contributed by atoms with Crippen LogP contribution in [0.2, 0.25) is 0 Å². The van der Waals surface area contributed by atoms with Crippen LogP contribution in [-0.4, -0.2) is 32.2 Å². The van der Waals surface area contributed by atoms with Crippen LogP contribution in [0.25, 0.3) is 0 Å². The third-order valence-corrected chi connectivity index (χ3v) is 2.01. The lowest BCUT2D eigenvalue weighted by atomic mass is 10.1. The van der Waals surface area contributed by atoms with E-state index in [1.54, 1.807) is 0 Å². The number of nitrogens with one attached hydrogen (secondary N) is 1. The minimum atomic E-state index is -0.292. The van der Waals surface area contributed by atoms with Crippen molar-refractivity contribution >= 4 is 5.91 Å². The Bertz CT molecular complexity index is 144. The number of hydrogen-bond acceptors (Lipinski definition) is 3. The van der Waals surface area contributed by atoms with Crippen LogP contribution in [0.5, 0.6) is 0 Å². The Morgan fingerprint density at radius 2 is 2.50 bits per heavy atom. The van der Waals surface area contributed by atoms with Crippen LogP contribution in [0.15, 0.2) is 0 Å². The molecule has 4 nitrogen and oxygen atoms in total. The standard InChI is InChI=1S/C8H16N2O2/c9-8(11)2-4-12-6-7-1-3-10-5-7/h7,10H,1-6H2,(H2,9,11). The van der Waals surface area contributed by atoms with Crippen molar-refractivity contribution in [2.45, 2.75) is 12.8 Å². The summed E-state index contributed by atoms with van der Waals surface area (Å²) in [6.07, 6.45) is 1.51. The second-order valence-corrected chi connectivity index (χ2v) is 3.15. The maximum atomic E-state index is 10.3. The van der Waals surface area contributed by atoms with E-state index in [9.17, 15) is 4.79 Å². The summed E-state index contributed by atoms with van der Waals surface area (Å²) in [5, 5.41) is 3.25. The fourth-order valence-electron chi connectivity index (χ4n) is 1.28. The van der Waals surface area contributed by atoms with Gasteiger partial charge in [-0.15, -0.1) is 0 Å². The first-order valence-electron chi connectivity index (χ1n) is 4.36. The monoisotopic (exact) mass is 172 g/mol. The van der Waals surface area contributed by atoms with Crippen molar-refractivity contribution < 1.29 is 9.53 Å². The van der Waals surface area contributed by atoms with Crippen molar-refractivity contribution in [1.29, 1.82) is 0 Å². The average Bonchev–Trinajstić information content (AvgIpc) is 2.49. The number of primary amides is 1. The van der Waals surface area contributed by atoms with Gasteiger partial charge in [-0.25, -0.2) is 0 Å². The highest BCUT2D eigenvalue weighted by Gasteiger charge is 2.13. The molecule has 12 heavy (non-hydrogen) atoms. The van der Waals surface area contributed by atoms with Crippen LogP contribution >= 0.6 is 0 Å². The Balaban J connectivity index is 1.91. The van der Waals surface area contributed by atoms with Crippen LogP contribution in [0.1, 0.15) is 12.8 Å². The van der Waals surface area contributed by atoms with E-state index in [-0.39, 0.29) is 5.91 Å². The number of hydrogen-bond donors (Lipinski definition) is 2. The molecule has 0 aliphatic carbocycles. The average molecular weight is 172 g/mol. The summed E-state index contributed by atoms with van der Waals surface area (Å²) >= 11 is 0. The Hall–Kier alpha value is -0.610. The number of amides is 1. The molecule has 70 valence electrons. The molecule has 1 heterocycles. The molecule has 1 fully saturated rings. The quantitative estimate of drug-likeness (QED) is 0.549. The van der Waals surface area contributed by atoms with Gasteiger partial charge < -0.3 is 15.8 Å². The fraction of sp³-hybridized carbons (Fsp3) is 0.875. The summed E-state index contributed by atoms with van der Waals surface area (Å²) in [6.45, 7) is 3.34. The predicted molar refractivity (Wildman–Crippen MR) is 45.6 cm³/mol. The van der Waals surface area contributed by atoms with E-state index < -0.39 is 0 Å². The molecule has 1 saturated heterocycles. The van der Waals surface area contributed by atoms with E-state index in [0.717, 1.165) is 19.7 Å². The molecule has 0 aromatic rings. The second kappa shape index (κ2) is 5.11. The molecule has 1 rings (SSSR count). The lowest BCUT2D eigenvalue weighted by Crippen LogP contribution is -2.17. The normalized spacial score (nSPS) is 22.8. The predicted octanol–water partition coefficient (Wildman–Crippen LogP) is -0.512. The van der Waals surface area contributed by atoms with Gasteiger partial charge in [-0.3, -0.25) is 4.79 Å². The lowest BCUT2D eigenvalue weighted by molar-refractivity contribution is -0.119. The van der Waals surface area contributed by atoms with Crippen LogP contribution in [0.3, 0.4) is 0 Å². The van der Waals surface area contributed by atoms with Crippen molar-refractivity contribution in [2.75, 3.05) is 26.3 Å². The zero-order chi connectivity index (χ0) is 8.81. The first-order valence-corrected chi connectivity index (χ1v) is 4.36. The molecule has 1 unspecified atom stereocenters. The van der Waals surface area contributed by atoms with E-state index >= 15 is 0 Å². The topological polar surface area (TPSA) is 64.4 Å². The molecular weight excluding hydrogens is 156 g/mol. The minimum Gasteiger partial charge on any atom is -0.381 e. The van der Waals surface area contributed by atoms with Gasteiger partial charge in [0.2, 0.25) is 5.91 Å². The fourth-order valence-corrected chi connectivity index (χ4v) is 1.28. The largest absolute Gasteiger partial charge is 0.381 e. The zero-order valence-corrected chi connectivity index (χ0v) is 7.21. The second-order valence-electron chi connectivity index (χ2n) is 3.15. The van der Waals surface area contributed by atoms with E-state index in [1.807, 2.05) is 0 Å². The third-order valence-electron chi connectivity index (χ3n) is 2.01. The SMILES string of the molecule is NC(=O)CCOCC1CCNC1. The van der Waals surface area contributed by atoms with Gasteiger partial charge in [0.1, 0.15) is 0 Å². The third kappa shape index (κ3) is 3.69. The summed E-state index contributed by atoms with van der Waals surface area (Å²) in [5.74, 6) is 0.331. The summed E-state index contributed by atoms with van der Waals surface area (Å²) in [6, 6.07) is 0. The van der Waals surface area contributed by atoms with Crippen LogP contribution in [-0.2, 0) is 9.53 Å². The molecule has 0 radical (unpaired) electrons.